The number of carboxylic acids is 2. The molecule has 3 aromatic rings. The van der Waals surface area contributed by atoms with Crippen LogP contribution in [0.1, 0.15) is 31.1 Å². The first-order chi connectivity index (χ1) is 15.7. The molecule has 5 N–H and O–H groups in total. The fraction of sp³-hybridized carbons (Fsp3) is 0.0952. The minimum absolute atomic E-state index is 0.0294. The van der Waals surface area contributed by atoms with E-state index in [-0.39, 0.29) is 28.5 Å². The molecule has 0 aliphatic carbocycles. The maximum atomic E-state index is 12.2. The second kappa shape index (κ2) is 9.09. The van der Waals surface area contributed by atoms with Crippen molar-refractivity contribution in [1.82, 2.24) is 9.97 Å². The lowest BCUT2D eigenvalue weighted by atomic mass is 9.95. The molecule has 0 unspecified atom stereocenters. The van der Waals surface area contributed by atoms with Gasteiger partial charge in [-0.3, -0.25) is 4.79 Å². The highest BCUT2D eigenvalue weighted by Crippen LogP contribution is 2.37. The van der Waals surface area contributed by atoms with Crippen molar-refractivity contribution in [3.63, 3.8) is 0 Å². The van der Waals surface area contributed by atoms with E-state index < -0.39 is 46.0 Å². The molecule has 0 aliphatic heterocycles. The van der Waals surface area contributed by atoms with Crippen LogP contribution in [0.5, 0.6) is 17.4 Å². The summed E-state index contributed by atoms with van der Waals surface area (Å²) in [6.45, 7) is 0. The molecule has 0 atom stereocenters. The Morgan fingerprint density at radius 3 is 2.30 bits per heavy atom. The van der Waals surface area contributed by atoms with E-state index in [1.807, 2.05) is 4.98 Å². The van der Waals surface area contributed by atoms with Gasteiger partial charge in [-0.2, -0.15) is 0 Å². The van der Waals surface area contributed by atoms with Gasteiger partial charge in [-0.1, -0.05) is 6.07 Å². The molecule has 2 heterocycles. The van der Waals surface area contributed by atoms with Gasteiger partial charge in [0.15, 0.2) is 11.5 Å². The number of aromatic nitrogens is 2. The van der Waals surface area contributed by atoms with Crippen LogP contribution in [0, 0.1) is 0 Å². The van der Waals surface area contributed by atoms with Crippen LogP contribution < -0.4 is 20.8 Å². The quantitative estimate of drug-likeness (QED) is 0.381. The third-order valence-corrected chi connectivity index (χ3v) is 4.50. The van der Waals surface area contributed by atoms with Gasteiger partial charge >= 0.3 is 17.9 Å². The molecular formula is C21H17N3O9. The maximum Gasteiger partial charge on any atom is 0.342 e. The number of hydrogen-bond donors (Lipinski definition) is 4. The number of nitrogen functional groups attached to an aromatic ring is 1. The number of carbonyl (C=O) groups is 3. The summed E-state index contributed by atoms with van der Waals surface area (Å²) in [4.78, 5) is 53.5. The number of anilines is 1. The van der Waals surface area contributed by atoms with Gasteiger partial charge in [-0.25, -0.2) is 19.4 Å². The number of hydrogen-bond acceptors (Lipinski definition) is 9. The van der Waals surface area contributed by atoms with E-state index >= 15 is 0 Å². The first-order valence-corrected chi connectivity index (χ1v) is 9.10. The Kier molecular flexibility index (Phi) is 6.29. The van der Waals surface area contributed by atoms with E-state index in [0.717, 1.165) is 0 Å². The van der Waals surface area contributed by atoms with Crippen molar-refractivity contribution in [2.45, 2.75) is 0 Å². The first kappa shape index (κ1) is 22.8. The predicted octanol–water partition coefficient (Wildman–Crippen LogP) is 2.00. The number of carboxylic acid groups (broad SMARTS) is 2. The summed E-state index contributed by atoms with van der Waals surface area (Å²) in [6, 6.07) is 6.73. The zero-order valence-corrected chi connectivity index (χ0v) is 17.2. The second-order valence-corrected chi connectivity index (χ2v) is 6.45. The first-order valence-electron chi connectivity index (χ1n) is 9.10. The number of H-pyrrole nitrogens is 1. The van der Waals surface area contributed by atoms with Gasteiger partial charge < -0.3 is 35.1 Å². The van der Waals surface area contributed by atoms with Crippen molar-refractivity contribution in [3.8, 4) is 28.5 Å². The van der Waals surface area contributed by atoms with Crippen molar-refractivity contribution >= 4 is 23.7 Å². The Balaban J connectivity index is 2.15. The van der Waals surface area contributed by atoms with Crippen LogP contribution in [0.3, 0.4) is 0 Å². The summed E-state index contributed by atoms with van der Waals surface area (Å²) >= 11 is 0. The second-order valence-electron chi connectivity index (χ2n) is 6.45. The van der Waals surface area contributed by atoms with Crippen molar-refractivity contribution in [2.24, 2.45) is 0 Å². The topological polar surface area (TPSA) is 191 Å². The van der Waals surface area contributed by atoms with Gasteiger partial charge in [0.05, 0.1) is 19.8 Å². The van der Waals surface area contributed by atoms with E-state index in [1.54, 1.807) is 0 Å². The molecule has 1 aromatic carbocycles. The van der Waals surface area contributed by atoms with Gasteiger partial charge in [0, 0.05) is 17.8 Å². The third-order valence-electron chi connectivity index (χ3n) is 4.50. The van der Waals surface area contributed by atoms with Crippen molar-refractivity contribution in [1.29, 1.82) is 0 Å². The number of carbonyl (C=O) groups excluding carboxylic acids is 1. The van der Waals surface area contributed by atoms with Crippen LogP contribution in [0.25, 0.3) is 11.1 Å². The Morgan fingerprint density at radius 1 is 1.00 bits per heavy atom. The van der Waals surface area contributed by atoms with Crippen LogP contribution >= 0.6 is 0 Å². The van der Waals surface area contributed by atoms with Crippen LogP contribution in [-0.4, -0.2) is 52.3 Å². The molecule has 33 heavy (non-hydrogen) atoms. The zero-order valence-electron chi connectivity index (χ0n) is 17.2. The standard InChI is InChI=1S/C21H17N3O9/c1-31-12-7-9(14-15(19(26)27)17(22)24-18(25)16(14)20(28)29)3-4-11(12)33-13-8-10(5-6-23-13)21(30)32-2/h3-8H,1-2H3,(H,26,27)(H,28,29)(H3,22,24,25). The lowest BCUT2D eigenvalue weighted by molar-refractivity contribution is 0.0598. The summed E-state index contributed by atoms with van der Waals surface area (Å²) < 4.78 is 15.6. The SMILES string of the molecule is COC(=O)c1ccnc(Oc2ccc(-c3c(C(=O)O)c(N)[nH]c(=O)c3C(=O)O)cc2OC)c1. The van der Waals surface area contributed by atoms with E-state index in [9.17, 15) is 29.4 Å². The number of nitrogens with one attached hydrogen (secondary N) is 1. The van der Waals surface area contributed by atoms with Crippen LogP contribution in [0.15, 0.2) is 41.3 Å². The highest BCUT2D eigenvalue weighted by Gasteiger charge is 2.27. The number of ether oxygens (including phenoxy) is 3. The fourth-order valence-corrected chi connectivity index (χ4v) is 3.07. The Labute approximate surface area is 185 Å². The number of aromatic carboxylic acids is 2. The Hall–Kier alpha value is -4.87. The number of nitrogens with zero attached hydrogens (tertiary/aromatic N) is 1. The number of esters is 1. The van der Waals surface area contributed by atoms with Crippen LogP contribution in [0.4, 0.5) is 5.82 Å². The van der Waals surface area contributed by atoms with Crippen LogP contribution in [0.2, 0.25) is 0 Å². The largest absolute Gasteiger partial charge is 0.493 e. The summed E-state index contributed by atoms with van der Waals surface area (Å²) in [7, 11) is 2.52. The van der Waals surface area contributed by atoms with Gasteiger partial charge in [0.2, 0.25) is 5.88 Å². The molecule has 3 rings (SSSR count). The summed E-state index contributed by atoms with van der Waals surface area (Å²) in [6.07, 6.45) is 1.33. The Morgan fingerprint density at radius 2 is 1.70 bits per heavy atom. The van der Waals surface area contributed by atoms with Gasteiger partial charge in [0.25, 0.3) is 5.56 Å². The molecule has 0 aliphatic rings. The molecule has 0 amide bonds. The van der Waals surface area contributed by atoms with Crippen LogP contribution in [-0.2, 0) is 4.74 Å². The molecule has 0 spiro atoms. The molecule has 0 bridgehead atoms. The number of aromatic amines is 1. The molecule has 12 nitrogen and oxygen atoms in total. The Bertz CT molecular complexity index is 1330. The minimum Gasteiger partial charge on any atom is -0.493 e. The zero-order chi connectivity index (χ0) is 24.3. The highest BCUT2D eigenvalue weighted by atomic mass is 16.5. The van der Waals surface area contributed by atoms with E-state index in [0.29, 0.717) is 0 Å². The van der Waals surface area contributed by atoms with Crippen molar-refractivity contribution in [2.75, 3.05) is 20.0 Å². The van der Waals surface area contributed by atoms with E-state index in [4.69, 9.17) is 15.2 Å². The molecule has 12 heteroatoms. The van der Waals surface area contributed by atoms with E-state index in [2.05, 4.69) is 9.72 Å². The minimum atomic E-state index is -1.64. The monoisotopic (exact) mass is 455 g/mol. The van der Waals surface area contributed by atoms with Crippen molar-refractivity contribution < 1.29 is 38.8 Å². The average Bonchev–Trinajstić information content (AvgIpc) is 2.77. The average molecular weight is 455 g/mol. The number of pyridine rings is 2. The number of methoxy groups -OCH3 is 2. The number of nitrogens with two attached hydrogens (primary N) is 1. The highest BCUT2D eigenvalue weighted by molar-refractivity contribution is 6.07. The molecule has 2 aromatic heterocycles. The molecule has 0 radical (unpaired) electrons. The smallest absolute Gasteiger partial charge is 0.342 e. The maximum absolute atomic E-state index is 12.2. The number of benzene rings is 1. The third kappa shape index (κ3) is 4.44. The molecular weight excluding hydrogens is 438 g/mol. The summed E-state index contributed by atoms with van der Waals surface area (Å²) in [5.74, 6) is -4.08. The normalized spacial score (nSPS) is 10.4. The summed E-state index contributed by atoms with van der Waals surface area (Å²) in [5, 5.41) is 19.1. The molecule has 0 fully saturated rings. The molecule has 0 saturated carbocycles. The predicted molar refractivity (Wildman–Crippen MR) is 113 cm³/mol. The molecule has 0 saturated heterocycles. The summed E-state index contributed by atoms with van der Waals surface area (Å²) in [5.41, 5.74) is 3.02. The van der Waals surface area contributed by atoms with Gasteiger partial charge in [-0.15, -0.1) is 0 Å². The lowest BCUT2D eigenvalue weighted by Crippen LogP contribution is -2.24. The van der Waals surface area contributed by atoms with E-state index in [1.165, 1.54) is 50.7 Å². The van der Waals surface area contributed by atoms with Crippen molar-refractivity contribution in [3.05, 3.63) is 63.6 Å². The fourth-order valence-electron chi connectivity index (χ4n) is 3.07. The van der Waals surface area contributed by atoms with Gasteiger partial charge in [-0.05, 0) is 23.8 Å². The molecule has 170 valence electrons. The number of rotatable bonds is 7. The lowest BCUT2D eigenvalue weighted by Gasteiger charge is -2.15. The van der Waals surface area contributed by atoms with Gasteiger partial charge in [0.1, 0.15) is 16.9 Å².